The van der Waals surface area contributed by atoms with Crippen LogP contribution in [0.3, 0.4) is 0 Å². The van der Waals surface area contributed by atoms with E-state index in [-0.39, 0.29) is 17.7 Å². The summed E-state index contributed by atoms with van der Waals surface area (Å²) in [6.45, 7) is 2.46. The fourth-order valence-corrected chi connectivity index (χ4v) is 3.06. The van der Waals surface area contributed by atoms with E-state index >= 15 is 0 Å². The Hall–Kier alpha value is -2.62. The van der Waals surface area contributed by atoms with E-state index in [1.165, 1.54) is 30.5 Å². The molecule has 4 nitrogen and oxygen atoms in total. The monoisotopic (exact) mass is 354 g/mol. The molecule has 0 amide bonds. The molecule has 0 fully saturated rings. The van der Waals surface area contributed by atoms with Gasteiger partial charge in [0.15, 0.2) is 0 Å². The number of aromatic carboxylic acids is 1. The van der Waals surface area contributed by atoms with Gasteiger partial charge in [-0.3, -0.25) is 0 Å². The van der Waals surface area contributed by atoms with Crippen molar-refractivity contribution in [2.24, 2.45) is 0 Å². The second-order valence-corrected chi connectivity index (χ2v) is 6.38. The topological polar surface area (TPSA) is 63.6 Å². The molecular weight excluding hydrogens is 328 g/mol. The maximum absolute atomic E-state index is 12.3. The lowest BCUT2D eigenvalue weighted by atomic mass is 9.90. The van der Waals surface area contributed by atoms with Gasteiger partial charge < -0.3 is 9.84 Å². The van der Waals surface area contributed by atoms with Gasteiger partial charge in [0.25, 0.3) is 0 Å². The van der Waals surface area contributed by atoms with Crippen molar-refractivity contribution in [3.8, 4) is 0 Å². The molecule has 2 aromatic carbocycles. The van der Waals surface area contributed by atoms with Crippen molar-refractivity contribution in [2.75, 3.05) is 6.61 Å². The summed E-state index contributed by atoms with van der Waals surface area (Å²) in [5.41, 5.74) is 1.33. The van der Waals surface area contributed by atoms with Crippen molar-refractivity contribution in [2.45, 2.75) is 44.9 Å². The highest BCUT2D eigenvalue weighted by molar-refractivity contribution is 6.02. The molecule has 1 unspecified atom stereocenters. The number of ether oxygens (including phenoxy) is 1. The van der Waals surface area contributed by atoms with Crippen LogP contribution in [0.5, 0.6) is 0 Å². The molecule has 0 bridgehead atoms. The summed E-state index contributed by atoms with van der Waals surface area (Å²) in [7, 11) is 0. The van der Waals surface area contributed by atoms with Crippen molar-refractivity contribution < 1.29 is 19.4 Å². The van der Waals surface area contributed by atoms with Crippen molar-refractivity contribution in [1.29, 1.82) is 0 Å². The third-order valence-corrected chi connectivity index (χ3v) is 4.50. The highest BCUT2D eigenvalue weighted by Gasteiger charge is 2.18. The Balaban J connectivity index is 1.96. The van der Waals surface area contributed by atoms with Gasteiger partial charge >= 0.3 is 11.9 Å². The molecule has 0 radical (unpaired) electrons. The van der Waals surface area contributed by atoms with Crippen molar-refractivity contribution in [1.82, 2.24) is 0 Å². The third kappa shape index (κ3) is 5.73. The van der Waals surface area contributed by atoms with Crippen LogP contribution in [0.15, 0.2) is 54.6 Å². The Morgan fingerprint density at radius 1 is 0.923 bits per heavy atom. The van der Waals surface area contributed by atoms with E-state index in [0.29, 0.717) is 5.92 Å². The van der Waals surface area contributed by atoms with Crippen LogP contribution >= 0.6 is 0 Å². The second kappa shape index (κ2) is 10.4. The van der Waals surface area contributed by atoms with E-state index in [9.17, 15) is 14.7 Å². The molecular formula is C22H26O4. The van der Waals surface area contributed by atoms with Gasteiger partial charge in [-0.05, 0) is 36.5 Å². The number of rotatable bonds is 10. The highest BCUT2D eigenvalue weighted by atomic mass is 16.5. The Morgan fingerprint density at radius 3 is 2.23 bits per heavy atom. The average Bonchev–Trinajstić information content (AvgIpc) is 2.67. The van der Waals surface area contributed by atoms with Gasteiger partial charge in [-0.15, -0.1) is 0 Å². The number of benzene rings is 2. The molecule has 138 valence electrons. The minimum Gasteiger partial charge on any atom is -0.478 e. The lowest BCUT2D eigenvalue weighted by Crippen LogP contribution is -2.13. The number of carbonyl (C=O) groups is 2. The summed E-state index contributed by atoms with van der Waals surface area (Å²) in [4.78, 5) is 23.5. The van der Waals surface area contributed by atoms with Gasteiger partial charge in [-0.1, -0.05) is 68.7 Å². The van der Waals surface area contributed by atoms with Gasteiger partial charge in [0.1, 0.15) is 0 Å². The van der Waals surface area contributed by atoms with Gasteiger partial charge in [0.2, 0.25) is 0 Å². The number of esters is 1. The minimum absolute atomic E-state index is 0.0277. The normalized spacial score (nSPS) is 11.7. The van der Waals surface area contributed by atoms with Gasteiger partial charge in [0.05, 0.1) is 17.7 Å². The molecule has 0 heterocycles. The molecule has 2 rings (SSSR count). The summed E-state index contributed by atoms with van der Waals surface area (Å²) in [6.07, 6.45) is 5.29. The number of carboxylic acid groups (broad SMARTS) is 1. The van der Waals surface area contributed by atoms with Crippen LogP contribution in [0.4, 0.5) is 0 Å². The van der Waals surface area contributed by atoms with Crippen molar-refractivity contribution in [3.05, 3.63) is 71.3 Å². The standard InChI is InChI=1S/C22H26O4/c1-2-3-5-10-18(17-11-6-4-7-12-17)15-16-26-22(25)20-14-9-8-13-19(20)21(23)24/h4,6-9,11-14,18H,2-3,5,10,15-16H2,1H3,(H,23,24). The molecule has 26 heavy (non-hydrogen) atoms. The maximum atomic E-state index is 12.3. The Bertz CT molecular complexity index is 709. The lowest BCUT2D eigenvalue weighted by molar-refractivity contribution is 0.0481. The highest BCUT2D eigenvalue weighted by Crippen LogP contribution is 2.26. The molecule has 0 aliphatic rings. The third-order valence-electron chi connectivity index (χ3n) is 4.50. The van der Waals surface area contributed by atoms with E-state index in [0.717, 1.165) is 19.3 Å². The predicted molar refractivity (Wildman–Crippen MR) is 102 cm³/mol. The lowest BCUT2D eigenvalue weighted by Gasteiger charge is -2.17. The zero-order valence-corrected chi connectivity index (χ0v) is 15.2. The zero-order chi connectivity index (χ0) is 18.8. The van der Waals surface area contributed by atoms with Crippen molar-refractivity contribution in [3.63, 3.8) is 0 Å². The smallest absolute Gasteiger partial charge is 0.339 e. The fourth-order valence-electron chi connectivity index (χ4n) is 3.06. The maximum Gasteiger partial charge on any atom is 0.339 e. The minimum atomic E-state index is -1.13. The summed E-state index contributed by atoms with van der Waals surface area (Å²) in [5, 5.41) is 9.19. The SMILES string of the molecule is CCCCCC(CCOC(=O)c1ccccc1C(=O)O)c1ccccc1. The number of carboxylic acids is 1. The zero-order valence-electron chi connectivity index (χ0n) is 15.2. The summed E-state index contributed by atoms with van der Waals surface area (Å²) in [6, 6.07) is 16.4. The first-order valence-corrected chi connectivity index (χ1v) is 9.17. The van der Waals surface area contributed by atoms with Crippen LogP contribution < -0.4 is 0 Å². The summed E-state index contributed by atoms with van der Waals surface area (Å²) in [5.74, 6) is -1.37. The Kier molecular flexibility index (Phi) is 7.87. The molecule has 0 spiro atoms. The number of hydrogen-bond donors (Lipinski definition) is 1. The summed E-state index contributed by atoms with van der Waals surface area (Å²) < 4.78 is 5.37. The molecule has 1 atom stereocenters. The largest absolute Gasteiger partial charge is 0.478 e. The molecule has 4 heteroatoms. The van der Waals surface area contributed by atoms with Gasteiger partial charge in [0, 0.05) is 0 Å². The molecule has 0 aromatic heterocycles. The average molecular weight is 354 g/mol. The fraction of sp³-hybridized carbons (Fsp3) is 0.364. The number of unbranched alkanes of at least 4 members (excludes halogenated alkanes) is 2. The van der Waals surface area contributed by atoms with E-state index in [1.54, 1.807) is 12.1 Å². The first kappa shape index (κ1) is 19.7. The van der Waals surface area contributed by atoms with E-state index < -0.39 is 11.9 Å². The van der Waals surface area contributed by atoms with Gasteiger partial charge in [-0.25, -0.2) is 9.59 Å². The Labute approximate surface area is 154 Å². The van der Waals surface area contributed by atoms with E-state index in [1.807, 2.05) is 18.2 Å². The van der Waals surface area contributed by atoms with Crippen LogP contribution in [0, 0.1) is 0 Å². The Morgan fingerprint density at radius 2 is 1.58 bits per heavy atom. The second-order valence-electron chi connectivity index (χ2n) is 6.38. The van der Waals surface area contributed by atoms with Crippen LogP contribution in [0.2, 0.25) is 0 Å². The van der Waals surface area contributed by atoms with Crippen LogP contribution in [-0.4, -0.2) is 23.7 Å². The molecule has 0 saturated heterocycles. The van der Waals surface area contributed by atoms with E-state index in [2.05, 4.69) is 19.1 Å². The van der Waals surface area contributed by atoms with Crippen LogP contribution in [-0.2, 0) is 4.74 Å². The van der Waals surface area contributed by atoms with E-state index in [4.69, 9.17) is 4.74 Å². The molecule has 0 saturated carbocycles. The first-order chi connectivity index (χ1) is 12.6. The summed E-state index contributed by atoms with van der Waals surface area (Å²) >= 11 is 0. The molecule has 1 N–H and O–H groups in total. The molecule has 2 aromatic rings. The van der Waals surface area contributed by atoms with Crippen molar-refractivity contribution >= 4 is 11.9 Å². The molecule has 0 aliphatic heterocycles. The number of carbonyl (C=O) groups excluding carboxylic acids is 1. The molecule has 0 aliphatic carbocycles. The first-order valence-electron chi connectivity index (χ1n) is 9.17. The quantitative estimate of drug-likeness (QED) is 0.465. The number of hydrogen-bond acceptors (Lipinski definition) is 3. The van der Waals surface area contributed by atoms with Gasteiger partial charge in [-0.2, -0.15) is 0 Å². The predicted octanol–water partition coefficient (Wildman–Crippen LogP) is 5.30. The van der Waals surface area contributed by atoms with Crippen LogP contribution in [0.25, 0.3) is 0 Å². The van der Waals surface area contributed by atoms with Crippen LogP contribution in [0.1, 0.15) is 71.2 Å².